The Labute approximate surface area is 93.6 Å². The van der Waals surface area contributed by atoms with Gasteiger partial charge in [0.2, 0.25) is 0 Å². The van der Waals surface area contributed by atoms with Crippen molar-refractivity contribution in [2.24, 2.45) is 0 Å². The Morgan fingerprint density at radius 2 is 2.20 bits per heavy atom. The molecule has 2 rings (SSSR count). The third-order valence-electron chi connectivity index (χ3n) is 2.34. The third-order valence-corrected chi connectivity index (χ3v) is 3.33. The molecule has 15 heavy (non-hydrogen) atoms. The highest BCUT2D eigenvalue weighted by molar-refractivity contribution is 7.17. The first-order chi connectivity index (χ1) is 7.16. The molecule has 2 nitrogen and oxygen atoms in total. The highest BCUT2D eigenvalue weighted by atomic mass is 32.1. The van der Waals surface area contributed by atoms with Crippen LogP contribution < -0.4 is 5.32 Å². The third kappa shape index (κ3) is 2.30. The number of hydrogen-bond acceptors (Lipinski definition) is 3. The first-order valence-corrected chi connectivity index (χ1v) is 5.97. The van der Waals surface area contributed by atoms with Crippen LogP contribution in [0.1, 0.15) is 19.4 Å². The second-order valence-corrected chi connectivity index (χ2v) is 4.89. The van der Waals surface area contributed by atoms with E-state index in [-0.39, 0.29) is 0 Å². The Kier molecular flexibility index (Phi) is 2.93. The smallest absolute Gasteiger partial charge is 0.117 e. The molecular weight excluding hydrogens is 206 g/mol. The van der Waals surface area contributed by atoms with Gasteiger partial charge in [-0.15, -0.1) is 11.3 Å². The molecule has 2 aromatic rings. The minimum absolute atomic E-state index is 0.340. The summed E-state index contributed by atoms with van der Waals surface area (Å²) in [7, 11) is 0. The molecule has 3 heteroatoms. The monoisotopic (exact) mass is 221 g/mol. The van der Waals surface area contributed by atoms with Gasteiger partial charge in [-0.05, 0) is 34.5 Å². The molecule has 0 unspecified atom stereocenters. The predicted octanol–water partition coefficient (Wildman–Crippen LogP) is 3.10. The normalized spacial score (nSPS) is 11.4. The molecule has 1 heterocycles. The zero-order valence-electron chi connectivity index (χ0n) is 8.95. The molecule has 80 valence electrons. The van der Waals surface area contributed by atoms with E-state index in [4.69, 9.17) is 0 Å². The Hall–Kier alpha value is -1.06. The van der Waals surface area contributed by atoms with E-state index >= 15 is 0 Å². The Bertz CT molecular complexity index is 462. The first-order valence-electron chi connectivity index (χ1n) is 5.09. The lowest BCUT2D eigenvalue weighted by atomic mass is 10.1. The molecule has 2 N–H and O–H groups in total. The summed E-state index contributed by atoms with van der Waals surface area (Å²) in [4.78, 5) is 0. The average Bonchev–Trinajstić information content (AvgIpc) is 2.57. The predicted molar refractivity (Wildman–Crippen MR) is 65.5 cm³/mol. The summed E-state index contributed by atoms with van der Waals surface area (Å²) in [5.41, 5.74) is 1.31. The van der Waals surface area contributed by atoms with Crippen LogP contribution in [-0.4, -0.2) is 11.1 Å². The number of aromatic hydroxyl groups is 1. The van der Waals surface area contributed by atoms with E-state index in [2.05, 4.69) is 24.5 Å². The highest BCUT2D eigenvalue weighted by Crippen LogP contribution is 2.28. The van der Waals surface area contributed by atoms with Gasteiger partial charge in [0, 0.05) is 17.3 Å². The maximum atomic E-state index is 9.35. The summed E-state index contributed by atoms with van der Waals surface area (Å²) in [6.07, 6.45) is 0. The summed E-state index contributed by atoms with van der Waals surface area (Å²) in [6, 6.07) is 6.04. The van der Waals surface area contributed by atoms with Gasteiger partial charge in [0.05, 0.1) is 0 Å². The number of thiophene rings is 1. The van der Waals surface area contributed by atoms with E-state index in [1.807, 2.05) is 12.1 Å². The van der Waals surface area contributed by atoms with Gasteiger partial charge in [-0.2, -0.15) is 0 Å². The van der Waals surface area contributed by atoms with Crippen molar-refractivity contribution in [1.29, 1.82) is 0 Å². The minimum Gasteiger partial charge on any atom is -0.508 e. The van der Waals surface area contributed by atoms with Crippen LogP contribution in [0.2, 0.25) is 0 Å². The van der Waals surface area contributed by atoms with Gasteiger partial charge in [0.15, 0.2) is 0 Å². The highest BCUT2D eigenvalue weighted by Gasteiger charge is 2.04. The lowest BCUT2D eigenvalue weighted by molar-refractivity contribution is 0.476. The van der Waals surface area contributed by atoms with Gasteiger partial charge in [-0.3, -0.25) is 0 Å². The maximum Gasteiger partial charge on any atom is 0.117 e. The van der Waals surface area contributed by atoms with E-state index < -0.39 is 0 Å². The van der Waals surface area contributed by atoms with Crippen molar-refractivity contribution in [3.05, 3.63) is 29.1 Å². The molecule has 0 fully saturated rings. The molecule has 0 amide bonds. The number of benzene rings is 1. The van der Waals surface area contributed by atoms with E-state index in [0.29, 0.717) is 11.8 Å². The molecule has 0 atom stereocenters. The van der Waals surface area contributed by atoms with Gasteiger partial charge >= 0.3 is 0 Å². The summed E-state index contributed by atoms with van der Waals surface area (Å²) < 4.78 is 1.15. The first kappa shape index (κ1) is 10.5. The fourth-order valence-electron chi connectivity index (χ4n) is 1.52. The van der Waals surface area contributed by atoms with Crippen molar-refractivity contribution in [2.45, 2.75) is 26.4 Å². The number of fused-ring (bicyclic) bond motifs is 1. The van der Waals surface area contributed by atoms with Gasteiger partial charge in [-0.25, -0.2) is 0 Å². The minimum atomic E-state index is 0.340. The Morgan fingerprint density at radius 1 is 1.40 bits per heavy atom. The molecule has 1 aromatic heterocycles. The van der Waals surface area contributed by atoms with Crippen LogP contribution >= 0.6 is 11.3 Å². The lowest BCUT2D eigenvalue weighted by Gasteiger charge is -2.06. The van der Waals surface area contributed by atoms with Crippen molar-refractivity contribution < 1.29 is 5.11 Å². The van der Waals surface area contributed by atoms with Crippen LogP contribution in [0, 0.1) is 0 Å². The second kappa shape index (κ2) is 4.21. The molecule has 0 aliphatic carbocycles. The van der Waals surface area contributed by atoms with Crippen molar-refractivity contribution in [3.8, 4) is 5.75 Å². The van der Waals surface area contributed by atoms with Crippen LogP contribution in [0.5, 0.6) is 5.75 Å². The quantitative estimate of drug-likeness (QED) is 0.834. The number of hydrogen-bond donors (Lipinski definition) is 2. The molecule has 0 aliphatic rings. The second-order valence-electron chi connectivity index (χ2n) is 3.98. The van der Waals surface area contributed by atoms with E-state index in [1.165, 1.54) is 10.9 Å². The number of phenols is 1. The van der Waals surface area contributed by atoms with Gasteiger partial charge in [0.25, 0.3) is 0 Å². The largest absolute Gasteiger partial charge is 0.508 e. The Morgan fingerprint density at radius 3 is 2.93 bits per heavy atom. The van der Waals surface area contributed by atoms with Crippen LogP contribution in [-0.2, 0) is 6.54 Å². The SMILES string of the molecule is CC(C)NCc1csc2cc(O)ccc12. The average molecular weight is 221 g/mol. The standard InChI is InChI=1S/C12H15NOS/c1-8(2)13-6-9-7-15-12-5-10(14)3-4-11(9)12/h3-5,7-8,13-14H,6H2,1-2H3. The van der Waals surface area contributed by atoms with Gasteiger partial charge in [-0.1, -0.05) is 13.8 Å². The van der Waals surface area contributed by atoms with Gasteiger partial charge in [0.1, 0.15) is 5.75 Å². The number of nitrogens with one attached hydrogen (secondary N) is 1. The fraction of sp³-hybridized carbons (Fsp3) is 0.333. The summed E-state index contributed by atoms with van der Waals surface area (Å²) in [5, 5.41) is 16.1. The van der Waals surface area contributed by atoms with Crippen molar-refractivity contribution in [3.63, 3.8) is 0 Å². The number of rotatable bonds is 3. The fourth-order valence-corrected chi connectivity index (χ4v) is 2.52. The number of phenolic OH excluding ortho intramolecular Hbond substituents is 1. The molecular formula is C12H15NOS. The zero-order chi connectivity index (χ0) is 10.8. The maximum absolute atomic E-state index is 9.35. The van der Waals surface area contributed by atoms with Crippen LogP contribution in [0.3, 0.4) is 0 Å². The molecule has 1 aromatic carbocycles. The van der Waals surface area contributed by atoms with Crippen molar-refractivity contribution in [1.82, 2.24) is 5.32 Å². The molecule has 0 aliphatic heterocycles. The van der Waals surface area contributed by atoms with Crippen LogP contribution in [0.25, 0.3) is 10.1 Å². The van der Waals surface area contributed by atoms with Crippen LogP contribution in [0.15, 0.2) is 23.6 Å². The van der Waals surface area contributed by atoms with E-state index in [0.717, 1.165) is 11.2 Å². The Balaban J connectivity index is 2.29. The molecule has 0 saturated heterocycles. The molecule has 0 saturated carbocycles. The van der Waals surface area contributed by atoms with Crippen molar-refractivity contribution >= 4 is 21.4 Å². The molecule has 0 bridgehead atoms. The zero-order valence-corrected chi connectivity index (χ0v) is 9.77. The van der Waals surface area contributed by atoms with E-state index in [9.17, 15) is 5.11 Å². The van der Waals surface area contributed by atoms with Crippen LogP contribution in [0.4, 0.5) is 0 Å². The molecule has 0 radical (unpaired) electrons. The topological polar surface area (TPSA) is 32.3 Å². The summed E-state index contributed by atoms with van der Waals surface area (Å²) >= 11 is 1.68. The van der Waals surface area contributed by atoms with Crippen molar-refractivity contribution in [2.75, 3.05) is 0 Å². The summed E-state index contributed by atoms with van der Waals surface area (Å²) in [6.45, 7) is 5.17. The molecule has 0 spiro atoms. The van der Waals surface area contributed by atoms with E-state index in [1.54, 1.807) is 17.4 Å². The lowest BCUT2D eigenvalue weighted by Crippen LogP contribution is -2.21. The van der Waals surface area contributed by atoms with Gasteiger partial charge < -0.3 is 10.4 Å². The summed E-state index contributed by atoms with van der Waals surface area (Å²) in [5.74, 6) is 0.340.